The highest BCUT2D eigenvalue weighted by Gasteiger charge is 2.18. The topological polar surface area (TPSA) is 122 Å². The average molecular weight is 497 g/mol. The number of urea groups is 1. The van der Waals surface area contributed by atoms with E-state index < -0.39 is 0 Å². The number of nitrogen functional groups attached to an aromatic ring is 1. The Labute approximate surface area is 207 Å². The van der Waals surface area contributed by atoms with E-state index in [2.05, 4.69) is 15.6 Å². The first kappa shape index (κ1) is 24.3. The average Bonchev–Trinajstić information content (AvgIpc) is 3.25. The number of thiophene rings is 1. The maximum Gasteiger partial charge on any atom is 0.322 e. The minimum Gasteiger partial charge on any atom is -0.486 e. The Bertz CT molecular complexity index is 1180. The van der Waals surface area contributed by atoms with E-state index in [1.54, 1.807) is 52.2 Å². The lowest BCUT2D eigenvalue weighted by Gasteiger charge is -2.25. The summed E-state index contributed by atoms with van der Waals surface area (Å²) in [5, 5.41) is 9.21. The number of pyridine rings is 1. The monoisotopic (exact) mass is 496 g/mol. The van der Waals surface area contributed by atoms with Crippen molar-refractivity contribution in [2.45, 2.75) is 6.54 Å². The summed E-state index contributed by atoms with van der Waals surface area (Å²) in [6, 6.07) is 8.50. The number of carbonyl (C=O) groups is 2. The quantitative estimate of drug-likeness (QED) is 0.437. The second-order valence-corrected chi connectivity index (χ2v) is 9.00. The van der Waals surface area contributed by atoms with Crippen LogP contribution in [0.4, 0.5) is 21.9 Å². The predicted molar refractivity (Wildman–Crippen MR) is 136 cm³/mol. The van der Waals surface area contributed by atoms with Crippen molar-refractivity contribution in [3.63, 3.8) is 0 Å². The number of carbonyl (C=O) groups excluding carboxylic acids is 2. The van der Waals surface area contributed by atoms with Gasteiger partial charge in [-0.05, 0) is 37.9 Å². The summed E-state index contributed by atoms with van der Waals surface area (Å²) in [4.78, 5) is 33.6. The van der Waals surface area contributed by atoms with E-state index in [9.17, 15) is 9.59 Å². The van der Waals surface area contributed by atoms with Crippen molar-refractivity contribution in [3.05, 3.63) is 58.5 Å². The highest BCUT2D eigenvalue weighted by Crippen LogP contribution is 2.32. The van der Waals surface area contributed by atoms with Crippen LogP contribution in [0.15, 0.2) is 47.3 Å². The number of nitrogens with one attached hydrogen (secondary N) is 2. The summed E-state index contributed by atoms with van der Waals surface area (Å²) in [7, 11) is 3.90. The van der Waals surface area contributed by atoms with Gasteiger partial charge in [0.15, 0.2) is 11.5 Å². The van der Waals surface area contributed by atoms with E-state index in [1.807, 2.05) is 19.0 Å². The highest BCUT2D eigenvalue weighted by atomic mass is 32.1. The Balaban J connectivity index is 1.42. The molecule has 0 saturated carbocycles. The summed E-state index contributed by atoms with van der Waals surface area (Å²) >= 11 is 1.41. The van der Waals surface area contributed by atoms with Crippen LogP contribution in [0.3, 0.4) is 0 Å². The number of hydrogen-bond donors (Lipinski definition) is 3. The van der Waals surface area contributed by atoms with Gasteiger partial charge >= 0.3 is 6.03 Å². The molecule has 0 saturated heterocycles. The van der Waals surface area contributed by atoms with Crippen LogP contribution in [0, 0.1) is 0 Å². The zero-order valence-electron chi connectivity index (χ0n) is 19.6. The van der Waals surface area contributed by atoms with Gasteiger partial charge in [0.05, 0.1) is 11.4 Å². The van der Waals surface area contributed by atoms with Gasteiger partial charge in [0.25, 0.3) is 5.91 Å². The summed E-state index contributed by atoms with van der Waals surface area (Å²) in [5.41, 5.74) is 8.59. The third-order valence-electron chi connectivity index (χ3n) is 5.27. The van der Waals surface area contributed by atoms with E-state index in [4.69, 9.17) is 15.2 Å². The van der Waals surface area contributed by atoms with E-state index in [1.165, 1.54) is 11.3 Å². The summed E-state index contributed by atoms with van der Waals surface area (Å²) < 4.78 is 11.1. The maximum atomic E-state index is 13.1. The van der Waals surface area contributed by atoms with Gasteiger partial charge in [-0.2, -0.15) is 0 Å². The van der Waals surface area contributed by atoms with Crippen LogP contribution >= 0.6 is 11.3 Å². The van der Waals surface area contributed by atoms with Crippen LogP contribution in [-0.4, -0.2) is 67.1 Å². The Morgan fingerprint density at radius 3 is 2.54 bits per heavy atom. The second-order valence-electron chi connectivity index (χ2n) is 8.26. The van der Waals surface area contributed by atoms with Crippen LogP contribution in [-0.2, 0) is 6.54 Å². The molecular weight excluding hydrogens is 468 g/mol. The molecule has 0 aliphatic carbocycles. The van der Waals surface area contributed by atoms with E-state index in [-0.39, 0.29) is 17.6 Å². The van der Waals surface area contributed by atoms with Gasteiger partial charge in [-0.25, -0.2) is 4.79 Å². The summed E-state index contributed by atoms with van der Waals surface area (Å²) in [6.07, 6.45) is 1.60. The fourth-order valence-corrected chi connectivity index (χ4v) is 4.04. The molecule has 3 aromatic rings. The van der Waals surface area contributed by atoms with Crippen LogP contribution in [0.5, 0.6) is 11.5 Å². The van der Waals surface area contributed by atoms with Crippen LogP contribution in [0.1, 0.15) is 16.1 Å². The number of benzene rings is 1. The van der Waals surface area contributed by atoms with Gasteiger partial charge in [0.2, 0.25) is 0 Å². The number of hydrogen-bond acceptors (Lipinski definition) is 8. The molecule has 2 aromatic heterocycles. The third-order valence-corrected chi connectivity index (χ3v) is 6.03. The molecule has 3 heterocycles. The maximum absolute atomic E-state index is 13.1. The molecular formula is C24H28N6O4S. The molecule has 0 spiro atoms. The molecule has 10 nitrogen and oxygen atoms in total. The Morgan fingerprint density at radius 1 is 1.06 bits per heavy atom. The van der Waals surface area contributed by atoms with Gasteiger partial charge < -0.3 is 35.6 Å². The molecule has 4 N–H and O–H groups in total. The SMILES string of the molecule is CN(C)CCN(Cc1ccc(C(=O)Nc2cscc2N)nc1)C(=O)Nc1ccc2c(c1)OCCO2. The number of likely N-dealkylation sites (N-methyl/N-ethyl adjacent to an activating group) is 1. The first-order valence-electron chi connectivity index (χ1n) is 11.1. The van der Waals surface area contributed by atoms with Crippen molar-refractivity contribution in [2.75, 3.05) is 56.8 Å². The number of nitrogens with two attached hydrogens (primary N) is 1. The third kappa shape index (κ3) is 6.40. The number of aromatic nitrogens is 1. The standard InChI is InChI=1S/C24H28N6O4S/c1-29(2)7-8-30(24(32)27-17-4-6-21-22(11-17)34-10-9-33-21)13-16-3-5-19(26-12-16)23(31)28-20-15-35-14-18(20)25/h3-6,11-12,14-15H,7-10,13,25H2,1-2H3,(H,27,32)(H,28,31). The second kappa shape index (κ2) is 11.1. The van der Waals surface area contributed by atoms with Gasteiger partial charge in [-0.1, -0.05) is 6.07 Å². The van der Waals surface area contributed by atoms with Crippen molar-refractivity contribution in [1.29, 1.82) is 0 Å². The molecule has 0 fully saturated rings. The first-order valence-corrected chi connectivity index (χ1v) is 12.0. The lowest BCUT2D eigenvalue weighted by molar-refractivity contribution is 0.102. The number of fused-ring (bicyclic) bond motifs is 1. The summed E-state index contributed by atoms with van der Waals surface area (Å²) in [5.74, 6) is 0.925. The minimum atomic E-state index is -0.345. The molecule has 4 rings (SSSR count). The molecule has 0 atom stereocenters. The Hall–Kier alpha value is -3.83. The van der Waals surface area contributed by atoms with Crippen molar-refractivity contribution in [1.82, 2.24) is 14.8 Å². The van der Waals surface area contributed by atoms with E-state index in [0.29, 0.717) is 61.4 Å². The molecule has 11 heteroatoms. The zero-order chi connectivity index (χ0) is 24.8. The molecule has 1 aliphatic heterocycles. The van der Waals surface area contributed by atoms with E-state index >= 15 is 0 Å². The van der Waals surface area contributed by atoms with Gasteiger partial charge in [0, 0.05) is 48.3 Å². The number of rotatable bonds is 8. The molecule has 184 valence electrons. The van der Waals surface area contributed by atoms with Crippen molar-refractivity contribution < 1.29 is 19.1 Å². The molecule has 0 unspecified atom stereocenters. The fourth-order valence-electron chi connectivity index (χ4n) is 3.36. The molecule has 0 bridgehead atoms. The van der Waals surface area contributed by atoms with Crippen molar-refractivity contribution >= 4 is 40.3 Å². The molecule has 0 radical (unpaired) electrons. The van der Waals surface area contributed by atoms with Crippen molar-refractivity contribution in [3.8, 4) is 11.5 Å². The van der Waals surface area contributed by atoms with E-state index in [0.717, 1.165) is 5.56 Å². The molecule has 1 aromatic carbocycles. The Morgan fingerprint density at radius 2 is 1.86 bits per heavy atom. The first-order chi connectivity index (χ1) is 16.9. The van der Waals surface area contributed by atoms with Gasteiger partial charge in [-0.15, -0.1) is 11.3 Å². The summed E-state index contributed by atoms with van der Waals surface area (Å²) in [6.45, 7) is 2.50. The normalized spacial score (nSPS) is 12.3. The molecule has 3 amide bonds. The minimum absolute atomic E-state index is 0.252. The Kier molecular flexibility index (Phi) is 7.68. The largest absolute Gasteiger partial charge is 0.486 e. The lowest BCUT2D eigenvalue weighted by atomic mass is 10.2. The number of ether oxygens (including phenoxy) is 2. The number of anilines is 3. The van der Waals surface area contributed by atoms with Crippen LogP contribution < -0.4 is 25.8 Å². The van der Waals surface area contributed by atoms with Crippen LogP contribution in [0.2, 0.25) is 0 Å². The van der Waals surface area contributed by atoms with Gasteiger partial charge in [0.1, 0.15) is 18.9 Å². The fraction of sp³-hybridized carbons (Fsp3) is 0.292. The number of amides is 3. The predicted octanol–water partition coefficient (Wildman–Crippen LogP) is 3.34. The van der Waals surface area contributed by atoms with Gasteiger partial charge in [-0.3, -0.25) is 9.78 Å². The smallest absolute Gasteiger partial charge is 0.322 e. The van der Waals surface area contributed by atoms with Crippen LogP contribution in [0.25, 0.3) is 0 Å². The lowest BCUT2D eigenvalue weighted by Crippen LogP contribution is -2.39. The molecule has 1 aliphatic rings. The van der Waals surface area contributed by atoms with Crippen molar-refractivity contribution in [2.24, 2.45) is 0 Å². The zero-order valence-corrected chi connectivity index (χ0v) is 20.4. The highest BCUT2D eigenvalue weighted by molar-refractivity contribution is 7.09. The number of nitrogens with zero attached hydrogens (tertiary/aromatic N) is 3. The molecule has 35 heavy (non-hydrogen) atoms.